The molecule has 7 heteroatoms. The van der Waals surface area contributed by atoms with E-state index >= 15 is 0 Å². The van der Waals surface area contributed by atoms with Crippen molar-refractivity contribution in [3.63, 3.8) is 0 Å². The number of anilines is 1. The highest BCUT2D eigenvalue weighted by Crippen LogP contribution is 2.24. The molecular weight excluding hydrogens is 294 g/mol. The van der Waals surface area contributed by atoms with Gasteiger partial charge in [0.05, 0.1) is 6.54 Å². The molecule has 0 saturated heterocycles. The Hall–Kier alpha value is -2.70. The molecule has 3 rings (SSSR count). The standard InChI is InChI=1S/C16H19N5O2/c1-2-21-10-18-20-14(21)9-17-15(22)16(23)19-13-7-6-11-4-3-5-12(11)8-13/h6-8,10H,2-5,9H2,1H3,(H,17,22)(H,19,23). The lowest BCUT2D eigenvalue weighted by Gasteiger charge is -2.08. The van der Waals surface area contributed by atoms with Crippen molar-refractivity contribution < 1.29 is 9.59 Å². The average Bonchev–Trinajstić information content (AvgIpc) is 3.20. The number of nitrogens with one attached hydrogen (secondary N) is 2. The summed E-state index contributed by atoms with van der Waals surface area (Å²) in [6.45, 7) is 2.83. The van der Waals surface area contributed by atoms with Crippen molar-refractivity contribution in [2.45, 2.75) is 39.3 Å². The maximum Gasteiger partial charge on any atom is 0.313 e. The van der Waals surface area contributed by atoms with Crippen molar-refractivity contribution in [2.75, 3.05) is 5.32 Å². The van der Waals surface area contributed by atoms with E-state index in [0.717, 1.165) is 19.3 Å². The highest BCUT2D eigenvalue weighted by Gasteiger charge is 2.16. The Morgan fingerprint density at radius 2 is 2.04 bits per heavy atom. The number of aromatic nitrogens is 3. The fourth-order valence-electron chi connectivity index (χ4n) is 2.76. The van der Waals surface area contributed by atoms with E-state index < -0.39 is 11.8 Å². The third-order valence-corrected chi connectivity index (χ3v) is 4.01. The lowest BCUT2D eigenvalue weighted by Crippen LogP contribution is -2.35. The molecule has 1 aromatic carbocycles. The number of hydrogen-bond acceptors (Lipinski definition) is 4. The number of hydrogen-bond donors (Lipinski definition) is 2. The van der Waals surface area contributed by atoms with Crippen molar-refractivity contribution in [3.8, 4) is 0 Å². The Morgan fingerprint density at radius 3 is 2.87 bits per heavy atom. The molecule has 0 radical (unpaired) electrons. The minimum absolute atomic E-state index is 0.171. The Balaban J connectivity index is 1.56. The third kappa shape index (κ3) is 3.39. The van der Waals surface area contributed by atoms with Crippen molar-refractivity contribution in [2.24, 2.45) is 0 Å². The molecule has 1 aliphatic rings. The largest absolute Gasteiger partial charge is 0.341 e. The van der Waals surface area contributed by atoms with E-state index in [9.17, 15) is 9.59 Å². The highest BCUT2D eigenvalue weighted by molar-refractivity contribution is 6.39. The van der Waals surface area contributed by atoms with E-state index in [-0.39, 0.29) is 6.54 Å². The van der Waals surface area contributed by atoms with E-state index in [1.54, 1.807) is 10.9 Å². The molecule has 0 aliphatic heterocycles. The summed E-state index contributed by atoms with van der Waals surface area (Å²) in [5.41, 5.74) is 3.23. The van der Waals surface area contributed by atoms with E-state index in [1.165, 1.54) is 11.1 Å². The molecule has 23 heavy (non-hydrogen) atoms. The number of fused-ring (bicyclic) bond motifs is 1. The molecule has 0 bridgehead atoms. The highest BCUT2D eigenvalue weighted by atomic mass is 16.2. The minimum atomic E-state index is -0.684. The number of aryl methyl sites for hydroxylation is 3. The molecule has 7 nitrogen and oxygen atoms in total. The van der Waals surface area contributed by atoms with Crippen LogP contribution >= 0.6 is 0 Å². The van der Waals surface area contributed by atoms with E-state index in [0.29, 0.717) is 18.1 Å². The first-order valence-electron chi connectivity index (χ1n) is 7.75. The van der Waals surface area contributed by atoms with Crippen LogP contribution in [0.5, 0.6) is 0 Å². The molecule has 0 fully saturated rings. The first-order valence-corrected chi connectivity index (χ1v) is 7.75. The number of benzene rings is 1. The van der Waals surface area contributed by atoms with Crippen LogP contribution in [-0.2, 0) is 35.5 Å². The second kappa shape index (κ2) is 6.60. The van der Waals surface area contributed by atoms with Crippen LogP contribution in [0, 0.1) is 0 Å². The molecule has 1 aromatic heterocycles. The molecule has 1 aliphatic carbocycles. The number of rotatable bonds is 4. The summed E-state index contributed by atoms with van der Waals surface area (Å²) in [7, 11) is 0. The molecule has 1 heterocycles. The van der Waals surface area contributed by atoms with Gasteiger partial charge >= 0.3 is 11.8 Å². The van der Waals surface area contributed by atoms with Crippen molar-refractivity contribution in [3.05, 3.63) is 41.5 Å². The van der Waals surface area contributed by atoms with Crippen LogP contribution in [0.4, 0.5) is 5.69 Å². The van der Waals surface area contributed by atoms with Gasteiger partial charge in [-0.25, -0.2) is 0 Å². The minimum Gasteiger partial charge on any atom is -0.341 e. The Labute approximate surface area is 134 Å². The van der Waals surface area contributed by atoms with Crippen LogP contribution in [-0.4, -0.2) is 26.6 Å². The van der Waals surface area contributed by atoms with Gasteiger partial charge in [0.15, 0.2) is 5.82 Å². The summed E-state index contributed by atoms with van der Waals surface area (Å²) in [6.07, 6.45) is 4.84. The third-order valence-electron chi connectivity index (χ3n) is 4.01. The van der Waals surface area contributed by atoms with Gasteiger partial charge in [-0.15, -0.1) is 10.2 Å². The smallest absolute Gasteiger partial charge is 0.313 e. The molecule has 2 amide bonds. The van der Waals surface area contributed by atoms with Gasteiger partial charge in [0, 0.05) is 12.2 Å². The van der Waals surface area contributed by atoms with Gasteiger partial charge in [-0.1, -0.05) is 6.07 Å². The number of carbonyl (C=O) groups is 2. The van der Waals surface area contributed by atoms with Gasteiger partial charge in [-0.05, 0) is 49.4 Å². The molecule has 0 saturated carbocycles. The quantitative estimate of drug-likeness (QED) is 0.826. The summed E-state index contributed by atoms with van der Waals surface area (Å²) in [6, 6.07) is 5.80. The predicted octanol–water partition coefficient (Wildman–Crippen LogP) is 1.04. The second-order valence-electron chi connectivity index (χ2n) is 5.51. The predicted molar refractivity (Wildman–Crippen MR) is 84.6 cm³/mol. The van der Waals surface area contributed by atoms with Crippen LogP contribution in [0.15, 0.2) is 24.5 Å². The average molecular weight is 313 g/mol. The maximum absolute atomic E-state index is 12.0. The van der Waals surface area contributed by atoms with Gasteiger partial charge in [-0.3, -0.25) is 9.59 Å². The van der Waals surface area contributed by atoms with Gasteiger partial charge in [0.25, 0.3) is 0 Å². The SMILES string of the molecule is CCn1cnnc1CNC(=O)C(=O)Nc1ccc2c(c1)CCC2. The maximum atomic E-state index is 12.0. The monoisotopic (exact) mass is 313 g/mol. The van der Waals surface area contributed by atoms with Gasteiger partial charge in [-0.2, -0.15) is 0 Å². The van der Waals surface area contributed by atoms with E-state index in [4.69, 9.17) is 0 Å². The molecule has 0 unspecified atom stereocenters. The molecular formula is C16H19N5O2. The molecule has 2 aromatic rings. The first-order chi connectivity index (χ1) is 11.2. The fourth-order valence-corrected chi connectivity index (χ4v) is 2.76. The van der Waals surface area contributed by atoms with Gasteiger partial charge in [0.2, 0.25) is 0 Å². The lowest BCUT2D eigenvalue weighted by atomic mass is 10.1. The van der Waals surface area contributed by atoms with Crippen LogP contribution in [0.1, 0.15) is 30.3 Å². The Kier molecular flexibility index (Phi) is 4.36. The van der Waals surface area contributed by atoms with Crippen LogP contribution in [0.2, 0.25) is 0 Å². The first kappa shape index (κ1) is 15.2. The van der Waals surface area contributed by atoms with Crippen LogP contribution in [0.25, 0.3) is 0 Å². The zero-order valence-electron chi connectivity index (χ0n) is 13.0. The Bertz CT molecular complexity index is 738. The Morgan fingerprint density at radius 1 is 1.22 bits per heavy atom. The van der Waals surface area contributed by atoms with Gasteiger partial charge < -0.3 is 15.2 Å². The van der Waals surface area contributed by atoms with Crippen molar-refractivity contribution in [1.29, 1.82) is 0 Å². The summed E-state index contributed by atoms with van der Waals surface area (Å²) < 4.78 is 1.80. The van der Waals surface area contributed by atoms with Crippen molar-refractivity contribution >= 4 is 17.5 Å². The second-order valence-corrected chi connectivity index (χ2v) is 5.51. The zero-order valence-corrected chi connectivity index (χ0v) is 13.0. The summed E-state index contributed by atoms with van der Waals surface area (Å²) in [5.74, 6) is -0.743. The molecule has 120 valence electrons. The number of amides is 2. The summed E-state index contributed by atoms with van der Waals surface area (Å²) >= 11 is 0. The van der Waals surface area contributed by atoms with Crippen LogP contribution < -0.4 is 10.6 Å². The van der Waals surface area contributed by atoms with Gasteiger partial charge in [0.1, 0.15) is 6.33 Å². The van der Waals surface area contributed by atoms with E-state index in [1.807, 2.05) is 25.1 Å². The molecule has 0 atom stereocenters. The number of nitrogens with zero attached hydrogens (tertiary/aromatic N) is 3. The summed E-state index contributed by atoms with van der Waals surface area (Å²) in [4.78, 5) is 23.9. The summed E-state index contributed by atoms with van der Waals surface area (Å²) in [5, 5.41) is 12.9. The van der Waals surface area contributed by atoms with Crippen molar-refractivity contribution in [1.82, 2.24) is 20.1 Å². The lowest BCUT2D eigenvalue weighted by molar-refractivity contribution is -0.136. The number of carbonyl (C=O) groups excluding carboxylic acids is 2. The fraction of sp³-hybridized carbons (Fsp3) is 0.375. The molecule has 0 spiro atoms. The normalized spacial score (nSPS) is 12.7. The van der Waals surface area contributed by atoms with Crippen LogP contribution in [0.3, 0.4) is 0 Å². The van der Waals surface area contributed by atoms with E-state index in [2.05, 4.69) is 20.8 Å². The molecule has 2 N–H and O–H groups in total. The zero-order chi connectivity index (χ0) is 16.2. The topological polar surface area (TPSA) is 88.9 Å².